The van der Waals surface area contributed by atoms with Gasteiger partial charge in [-0.25, -0.2) is 8.78 Å². The standard InChI is InChI=1S/C27H29F2N3O/c1-30(2)22-11-7-20(8-12-22)19-31-17-15-24(16-18-31)32(23-13-9-21(28)10-14-23)27(33)25-5-3-4-6-26(25)29/h3-14,24H,15-19H2,1-2H3. The molecule has 3 aromatic rings. The molecule has 0 saturated carbocycles. The fourth-order valence-corrected chi connectivity index (χ4v) is 4.35. The van der Waals surface area contributed by atoms with Crippen LogP contribution in [0.2, 0.25) is 0 Å². The molecule has 0 atom stereocenters. The summed E-state index contributed by atoms with van der Waals surface area (Å²) >= 11 is 0. The molecule has 1 amide bonds. The van der Waals surface area contributed by atoms with Gasteiger partial charge < -0.3 is 9.80 Å². The second kappa shape index (κ2) is 10.1. The van der Waals surface area contributed by atoms with Crippen molar-refractivity contribution in [3.63, 3.8) is 0 Å². The number of nitrogens with zero attached hydrogens (tertiary/aromatic N) is 3. The normalized spacial score (nSPS) is 14.8. The van der Waals surface area contributed by atoms with Gasteiger partial charge in [-0.05, 0) is 66.9 Å². The number of likely N-dealkylation sites (tertiary alicyclic amines) is 1. The van der Waals surface area contributed by atoms with E-state index in [-0.39, 0.29) is 17.4 Å². The largest absolute Gasteiger partial charge is 0.378 e. The smallest absolute Gasteiger partial charge is 0.261 e. The fraction of sp³-hybridized carbons (Fsp3) is 0.296. The Bertz CT molecular complexity index is 1080. The van der Waals surface area contributed by atoms with Crippen LogP contribution in [-0.2, 0) is 6.54 Å². The molecule has 1 aliphatic rings. The summed E-state index contributed by atoms with van der Waals surface area (Å²) in [7, 11) is 4.05. The highest BCUT2D eigenvalue weighted by Gasteiger charge is 2.31. The van der Waals surface area contributed by atoms with E-state index >= 15 is 0 Å². The van der Waals surface area contributed by atoms with Crippen LogP contribution in [0.4, 0.5) is 20.2 Å². The zero-order chi connectivity index (χ0) is 23.4. The Kier molecular flexibility index (Phi) is 7.04. The first kappa shape index (κ1) is 22.9. The Balaban J connectivity index is 1.49. The van der Waals surface area contributed by atoms with Crippen LogP contribution < -0.4 is 9.80 Å². The number of carbonyl (C=O) groups excluding carboxylic acids is 1. The lowest BCUT2D eigenvalue weighted by molar-refractivity contribution is 0.0954. The van der Waals surface area contributed by atoms with Gasteiger partial charge in [-0.15, -0.1) is 0 Å². The molecular weight excluding hydrogens is 420 g/mol. The lowest BCUT2D eigenvalue weighted by atomic mass is 10.00. The second-order valence-corrected chi connectivity index (χ2v) is 8.70. The Morgan fingerprint density at radius 1 is 0.879 bits per heavy atom. The van der Waals surface area contributed by atoms with Crippen LogP contribution >= 0.6 is 0 Å². The molecule has 0 bridgehead atoms. The van der Waals surface area contributed by atoms with E-state index in [1.54, 1.807) is 29.2 Å². The maximum absolute atomic E-state index is 14.4. The number of anilines is 2. The molecule has 0 radical (unpaired) electrons. The average Bonchev–Trinajstić information content (AvgIpc) is 2.82. The zero-order valence-corrected chi connectivity index (χ0v) is 19.0. The minimum absolute atomic E-state index is 0.0326. The first-order valence-corrected chi connectivity index (χ1v) is 11.2. The number of hydrogen-bond acceptors (Lipinski definition) is 3. The molecule has 1 fully saturated rings. The molecule has 3 aromatic carbocycles. The van der Waals surface area contributed by atoms with Crippen molar-refractivity contribution < 1.29 is 13.6 Å². The van der Waals surface area contributed by atoms with Crippen molar-refractivity contribution >= 4 is 17.3 Å². The highest BCUT2D eigenvalue weighted by Crippen LogP contribution is 2.27. The molecule has 1 heterocycles. The van der Waals surface area contributed by atoms with Crippen LogP contribution in [-0.4, -0.2) is 44.0 Å². The summed E-state index contributed by atoms with van der Waals surface area (Å²) in [5, 5.41) is 0. The molecule has 0 spiro atoms. The molecule has 1 aliphatic heterocycles. The first-order chi connectivity index (χ1) is 15.9. The third-order valence-electron chi connectivity index (χ3n) is 6.21. The van der Waals surface area contributed by atoms with Gasteiger partial charge in [-0.3, -0.25) is 9.69 Å². The van der Waals surface area contributed by atoms with Gasteiger partial charge >= 0.3 is 0 Å². The average molecular weight is 450 g/mol. The molecule has 0 unspecified atom stereocenters. The molecule has 172 valence electrons. The van der Waals surface area contributed by atoms with Gasteiger partial charge in [0, 0.05) is 51.1 Å². The molecule has 4 nitrogen and oxygen atoms in total. The lowest BCUT2D eigenvalue weighted by Crippen LogP contribution is -2.47. The van der Waals surface area contributed by atoms with Crippen LogP contribution in [0.15, 0.2) is 72.8 Å². The van der Waals surface area contributed by atoms with Crippen molar-refractivity contribution in [3.8, 4) is 0 Å². The summed E-state index contributed by atoms with van der Waals surface area (Å²) in [6, 6.07) is 20.3. The Morgan fingerprint density at radius 3 is 2.09 bits per heavy atom. The number of amides is 1. The van der Waals surface area contributed by atoms with Crippen LogP contribution in [0.1, 0.15) is 28.8 Å². The van der Waals surface area contributed by atoms with Gasteiger partial charge in [0.15, 0.2) is 0 Å². The maximum Gasteiger partial charge on any atom is 0.261 e. The van der Waals surface area contributed by atoms with E-state index in [1.165, 1.54) is 35.5 Å². The van der Waals surface area contributed by atoms with E-state index in [0.717, 1.165) is 32.5 Å². The molecule has 0 aliphatic carbocycles. The summed E-state index contributed by atoms with van der Waals surface area (Å²) in [5.74, 6) is -1.31. The molecule has 0 aromatic heterocycles. The summed E-state index contributed by atoms with van der Waals surface area (Å²) in [6.07, 6.45) is 1.51. The second-order valence-electron chi connectivity index (χ2n) is 8.70. The van der Waals surface area contributed by atoms with Gasteiger partial charge in [0.25, 0.3) is 5.91 Å². The number of halogens is 2. The van der Waals surface area contributed by atoms with Crippen molar-refractivity contribution in [3.05, 3.63) is 95.6 Å². The highest BCUT2D eigenvalue weighted by atomic mass is 19.1. The van der Waals surface area contributed by atoms with Crippen molar-refractivity contribution in [2.45, 2.75) is 25.4 Å². The van der Waals surface area contributed by atoms with Gasteiger partial charge in [-0.2, -0.15) is 0 Å². The van der Waals surface area contributed by atoms with E-state index in [9.17, 15) is 13.6 Å². The van der Waals surface area contributed by atoms with Crippen LogP contribution in [0.25, 0.3) is 0 Å². The third-order valence-corrected chi connectivity index (χ3v) is 6.21. The predicted molar refractivity (Wildman–Crippen MR) is 129 cm³/mol. The van der Waals surface area contributed by atoms with E-state index in [0.29, 0.717) is 5.69 Å². The highest BCUT2D eigenvalue weighted by molar-refractivity contribution is 6.06. The molecule has 6 heteroatoms. The number of carbonyl (C=O) groups is 1. The Hall–Kier alpha value is -3.25. The van der Waals surface area contributed by atoms with Crippen LogP contribution in [0.5, 0.6) is 0 Å². The van der Waals surface area contributed by atoms with Crippen molar-refractivity contribution in [2.75, 3.05) is 37.0 Å². The zero-order valence-electron chi connectivity index (χ0n) is 19.0. The third kappa shape index (κ3) is 5.40. The Labute approximate surface area is 194 Å². The van der Waals surface area contributed by atoms with E-state index in [2.05, 4.69) is 34.1 Å². The number of benzene rings is 3. The van der Waals surface area contributed by atoms with Crippen LogP contribution in [0, 0.1) is 11.6 Å². The van der Waals surface area contributed by atoms with Crippen molar-refractivity contribution in [2.24, 2.45) is 0 Å². The summed E-state index contributed by atoms with van der Waals surface area (Å²) in [5.41, 5.74) is 3.03. The predicted octanol–water partition coefficient (Wildman–Crippen LogP) is 5.34. The Morgan fingerprint density at radius 2 is 1.48 bits per heavy atom. The van der Waals surface area contributed by atoms with Gasteiger partial charge in [0.05, 0.1) is 5.56 Å². The maximum atomic E-state index is 14.4. The molecular formula is C27H29F2N3O. The van der Waals surface area contributed by atoms with Gasteiger partial charge in [0.1, 0.15) is 11.6 Å². The summed E-state index contributed by atoms with van der Waals surface area (Å²) in [6.45, 7) is 2.49. The fourth-order valence-electron chi connectivity index (χ4n) is 4.35. The summed E-state index contributed by atoms with van der Waals surface area (Å²) < 4.78 is 27.9. The van der Waals surface area contributed by atoms with Crippen molar-refractivity contribution in [1.82, 2.24) is 4.90 Å². The minimum Gasteiger partial charge on any atom is -0.378 e. The lowest BCUT2D eigenvalue weighted by Gasteiger charge is -2.38. The number of rotatable bonds is 6. The SMILES string of the molecule is CN(C)c1ccc(CN2CCC(N(C(=O)c3ccccc3F)c3ccc(F)cc3)CC2)cc1. The number of hydrogen-bond donors (Lipinski definition) is 0. The minimum atomic E-state index is -0.548. The van der Waals surface area contributed by atoms with Gasteiger partial charge in [-0.1, -0.05) is 24.3 Å². The summed E-state index contributed by atoms with van der Waals surface area (Å²) in [4.78, 5) is 19.5. The quantitative estimate of drug-likeness (QED) is 0.508. The topological polar surface area (TPSA) is 26.8 Å². The van der Waals surface area contributed by atoms with E-state index in [4.69, 9.17) is 0 Å². The first-order valence-electron chi connectivity index (χ1n) is 11.2. The van der Waals surface area contributed by atoms with Gasteiger partial charge in [0.2, 0.25) is 0 Å². The van der Waals surface area contributed by atoms with E-state index in [1.807, 2.05) is 14.1 Å². The molecule has 0 N–H and O–H groups in total. The molecule has 33 heavy (non-hydrogen) atoms. The molecule has 1 saturated heterocycles. The van der Waals surface area contributed by atoms with Crippen molar-refractivity contribution in [1.29, 1.82) is 0 Å². The van der Waals surface area contributed by atoms with E-state index < -0.39 is 11.7 Å². The monoisotopic (exact) mass is 449 g/mol. The number of piperidine rings is 1. The van der Waals surface area contributed by atoms with Crippen LogP contribution in [0.3, 0.4) is 0 Å². The molecule has 4 rings (SSSR count).